The van der Waals surface area contributed by atoms with Gasteiger partial charge in [0.2, 0.25) is 0 Å². The number of nitrogens with zero attached hydrogens (tertiary/aromatic N) is 1. The Hall–Kier alpha value is 0.523. The van der Waals surface area contributed by atoms with Crippen molar-refractivity contribution >= 4 is 36.7 Å². The van der Waals surface area contributed by atoms with Crippen molar-refractivity contribution in [1.29, 1.82) is 0 Å². The van der Waals surface area contributed by atoms with Crippen molar-refractivity contribution in [1.82, 2.24) is 0 Å². The first kappa shape index (κ1) is 37.3. The summed E-state index contributed by atoms with van der Waals surface area (Å²) in [7, 11) is 12.1. The van der Waals surface area contributed by atoms with Gasteiger partial charge < -0.3 is 4.90 Å². The van der Waals surface area contributed by atoms with Crippen molar-refractivity contribution in [3.8, 4) is 0 Å². The Morgan fingerprint density at radius 2 is 1.11 bits per heavy atom. The summed E-state index contributed by atoms with van der Waals surface area (Å²) in [5, 5.41) is 0. The molecule has 44 heavy (non-hydrogen) atoms. The van der Waals surface area contributed by atoms with E-state index in [2.05, 4.69) is 89.4 Å². The van der Waals surface area contributed by atoms with Gasteiger partial charge in [-0.25, -0.2) is 6.54 Å². The van der Waals surface area contributed by atoms with Crippen LogP contribution < -0.4 is 4.90 Å². The normalized spacial score (nSPS) is 23.9. The van der Waals surface area contributed by atoms with Crippen LogP contribution in [-0.2, 0) is 13.5 Å². The van der Waals surface area contributed by atoms with Crippen LogP contribution in [0.5, 0.6) is 0 Å². The van der Waals surface area contributed by atoms with Crippen LogP contribution in [0.2, 0.25) is 0 Å². The molecule has 5 heteroatoms. The van der Waals surface area contributed by atoms with Gasteiger partial charge in [-0.05, 0) is 36.8 Å². The molecule has 0 radical (unpaired) electrons. The molecule has 0 aromatic heterocycles. The van der Waals surface area contributed by atoms with E-state index in [1.54, 1.807) is 0 Å². The van der Waals surface area contributed by atoms with Gasteiger partial charge in [-0.3, -0.25) is 0 Å². The van der Waals surface area contributed by atoms with Crippen LogP contribution in [0.3, 0.4) is 0 Å². The van der Waals surface area contributed by atoms with Crippen LogP contribution in [0.15, 0.2) is 18.2 Å². The molecule has 1 nitrogen and oxygen atoms in total. The predicted molar refractivity (Wildman–Crippen MR) is 199 cm³/mol. The Morgan fingerprint density at radius 1 is 0.727 bits per heavy atom. The van der Waals surface area contributed by atoms with E-state index in [0.717, 1.165) is 17.0 Å². The molecule has 1 saturated heterocycles. The molecule has 0 atom stereocenters. The molecular weight excluding hydrogens is 685 g/mol. The van der Waals surface area contributed by atoms with Crippen molar-refractivity contribution in [3.63, 3.8) is 0 Å². The number of benzene rings is 1. The second kappa shape index (κ2) is 16.3. The average Bonchev–Trinajstić information content (AvgIpc) is 3.23. The summed E-state index contributed by atoms with van der Waals surface area (Å²) < 4.78 is 2.71. The summed E-state index contributed by atoms with van der Waals surface area (Å²) in [6, 6.07) is 6.84. The zero-order valence-electron chi connectivity index (χ0n) is 29.6. The minimum absolute atomic E-state index is 0.179. The molecule has 3 aliphatic carbocycles. The predicted octanol–water partition coefficient (Wildman–Crippen LogP) is 13.8. The van der Waals surface area contributed by atoms with Gasteiger partial charge in [0.1, 0.15) is 0 Å². The van der Waals surface area contributed by atoms with Crippen molar-refractivity contribution in [2.24, 2.45) is 5.41 Å². The van der Waals surface area contributed by atoms with Crippen LogP contribution >= 0.6 is 26.6 Å². The summed E-state index contributed by atoms with van der Waals surface area (Å²) in [6.07, 6.45) is 23.4. The molecule has 4 aliphatic rings. The van der Waals surface area contributed by atoms with Crippen LogP contribution in [0.1, 0.15) is 181 Å². The molecule has 5 rings (SSSR count). The number of halogens is 2. The molecule has 1 aromatic rings. The van der Waals surface area contributed by atoms with Gasteiger partial charge in [-0.2, -0.15) is 0 Å². The fourth-order valence-corrected chi connectivity index (χ4v) is 25.3. The molecule has 4 fully saturated rings. The Bertz CT molecular complexity index is 1000. The van der Waals surface area contributed by atoms with Crippen LogP contribution in [0.25, 0.3) is 0 Å². The van der Waals surface area contributed by atoms with E-state index in [1.165, 1.54) is 120 Å². The van der Waals surface area contributed by atoms with Crippen LogP contribution in [-0.4, -0.2) is 26.9 Å². The third-order valence-corrected chi connectivity index (χ3v) is 23.0. The quantitative estimate of drug-likeness (QED) is 0.152. The Kier molecular flexibility index (Phi) is 13.8. The first-order valence-electron chi connectivity index (χ1n) is 18.3. The van der Waals surface area contributed by atoms with Gasteiger partial charge in [0, 0.05) is 11.2 Å². The van der Waals surface area contributed by atoms with Crippen molar-refractivity contribution in [3.05, 3.63) is 35.9 Å². The van der Waals surface area contributed by atoms with Crippen molar-refractivity contribution in [2.45, 2.75) is 192 Å². The molecule has 0 bridgehead atoms. The number of hydrogen-bond donors (Lipinski definition) is 0. The monoisotopic (exact) mass is 751 g/mol. The van der Waals surface area contributed by atoms with Crippen LogP contribution in [0, 0.1) is 12.0 Å². The summed E-state index contributed by atoms with van der Waals surface area (Å²) in [5.74, 6) is 1.10. The molecule has 3 saturated carbocycles. The van der Waals surface area contributed by atoms with E-state index in [9.17, 15) is 0 Å². The summed E-state index contributed by atoms with van der Waals surface area (Å²) in [4.78, 5) is 2.57. The second-order valence-electron chi connectivity index (χ2n) is 16.6. The molecule has 0 unspecified atom stereocenters. The minimum atomic E-state index is -1.68. The second-order valence-corrected chi connectivity index (χ2v) is 27.4. The first-order valence-corrected chi connectivity index (χ1v) is 25.8. The van der Waals surface area contributed by atoms with Gasteiger partial charge in [0.05, 0.1) is 0 Å². The molecule has 1 aromatic carbocycles. The van der Waals surface area contributed by atoms with Gasteiger partial charge in [-0.15, -0.1) is 5.41 Å². The fraction of sp³-hybridized carbons (Fsp3) is 0.795. The Labute approximate surface area is 287 Å². The molecule has 1 aliphatic heterocycles. The SMILES string of the molecule is CC(C)c1cccc(C(C)C)c1N1[CH-]C(C)(C)CC1(C)C.[Cl][Ru]([Cl])=[CH][P+](C1CCCCC1)(C1CCCCC1)C1CCCCC1. The van der Waals surface area contributed by atoms with Gasteiger partial charge in [0.25, 0.3) is 0 Å². The zero-order chi connectivity index (χ0) is 32.1. The molecule has 0 amide bonds. The summed E-state index contributed by atoms with van der Waals surface area (Å²) in [6.45, 7) is 21.1. The topological polar surface area (TPSA) is 3.24 Å². The summed E-state index contributed by atoms with van der Waals surface area (Å²) >= 11 is -1.68. The molecule has 1 heterocycles. The number of anilines is 1. The van der Waals surface area contributed by atoms with E-state index in [-0.39, 0.29) is 11.0 Å². The average molecular weight is 752 g/mol. The van der Waals surface area contributed by atoms with Gasteiger partial charge >= 0.3 is 158 Å². The van der Waals surface area contributed by atoms with Gasteiger partial charge in [0.15, 0.2) is 0 Å². The number of rotatable bonds is 7. The van der Waals surface area contributed by atoms with Gasteiger partial charge in [-0.1, -0.05) is 66.2 Å². The van der Waals surface area contributed by atoms with E-state index in [4.69, 9.17) is 19.4 Å². The van der Waals surface area contributed by atoms with Crippen molar-refractivity contribution < 1.29 is 13.5 Å². The molecule has 0 spiro atoms. The van der Waals surface area contributed by atoms with E-state index in [1.807, 2.05) is 0 Å². The Balaban J connectivity index is 0.000000202. The maximum absolute atomic E-state index is 6.60. The van der Waals surface area contributed by atoms with E-state index >= 15 is 0 Å². The van der Waals surface area contributed by atoms with E-state index in [0.29, 0.717) is 11.8 Å². The zero-order valence-corrected chi connectivity index (χ0v) is 33.7. The standard InChI is InChI=1S/C20H32N.C19H34P.2ClH.Ru/c1-14(2)16-10-9-11-17(15(3)4)18(16)21-13-19(5,6)12-20(21,7)8;1-20(17-11-5-2-6-12-17,18-13-7-3-8-14-18)19-15-9-4-10-16-19;;;/h9-11,13-15H,12H2,1-8H3;1,17-19H,2-16H2;2*1H;/q-1;+1;;;+2/p-2. The number of hydrogen-bond acceptors (Lipinski definition) is 1. The van der Waals surface area contributed by atoms with Crippen LogP contribution in [0.4, 0.5) is 5.69 Å². The number of para-hydroxylation sites is 1. The van der Waals surface area contributed by atoms with E-state index < -0.39 is 20.8 Å². The Morgan fingerprint density at radius 3 is 1.41 bits per heavy atom. The molecule has 254 valence electrons. The third kappa shape index (κ3) is 8.95. The fourth-order valence-electron chi connectivity index (χ4n) is 9.75. The van der Waals surface area contributed by atoms with Crippen molar-refractivity contribution in [2.75, 3.05) is 4.90 Å². The maximum atomic E-state index is 6.60. The summed E-state index contributed by atoms with van der Waals surface area (Å²) in [5.41, 5.74) is 7.84. The first-order chi connectivity index (χ1) is 20.8. The third-order valence-electron chi connectivity index (χ3n) is 11.5. The molecular formula is C39H66Cl2NPRu. The molecule has 0 N–H and O–H groups in total.